The summed E-state index contributed by atoms with van der Waals surface area (Å²) in [4.78, 5) is 14.6. The molecule has 2 aromatic carbocycles. The second-order valence-electron chi connectivity index (χ2n) is 4.53. The smallest absolute Gasteiger partial charge is 0.193 e. The number of ketones is 1. The summed E-state index contributed by atoms with van der Waals surface area (Å²) in [5.41, 5.74) is 2.55. The minimum atomic E-state index is 0.0531. The number of anilines is 1. The molecule has 0 aliphatic heterocycles. The molecule has 0 fully saturated rings. The maximum Gasteiger partial charge on any atom is 0.193 e. The van der Waals surface area contributed by atoms with Crippen molar-refractivity contribution < 1.29 is 4.79 Å². The maximum absolute atomic E-state index is 12.4. The van der Waals surface area contributed by atoms with Crippen molar-refractivity contribution in [2.45, 2.75) is 13.8 Å². The summed E-state index contributed by atoms with van der Waals surface area (Å²) in [5, 5.41) is 0. The first kappa shape index (κ1) is 14.8. The van der Waals surface area contributed by atoms with Gasteiger partial charge in [-0.2, -0.15) is 0 Å². The van der Waals surface area contributed by atoms with Crippen LogP contribution in [0.25, 0.3) is 0 Å². The Labute approximate surface area is 128 Å². The molecule has 0 spiro atoms. The van der Waals surface area contributed by atoms with Gasteiger partial charge in [-0.3, -0.25) is 4.79 Å². The zero-order valence-electron chi connectivity index (χ0n) is 11.8. The van der Waals surface area contributed by atoms with Gasteiger partial charge in [0.2, 0.25) is 0 Å². The van der Waals surface area contributed by atoms with Crippen molar-refractivity contribution in [2.24, 2.45) is 0 Å². The molecule has 0 radical (unpaired) electrons. The first-order valence-electron chi connectivity index (χ1n) is 6.81. The number of nitrogens with zero attached hydrogens (tertiary/aromatic N) is 1. The van der Waals surface area contributed by atoms with Crippen LogP contribution in [0, 0.1) is 0 Å². The lowest BCUT2D eigenvalue weighted by molar-refractivity contribution is 0.103. The standard InChI is InChI=1S/C17H18BrNO/c1-3-19(4-2)16-11-10-14(12-15(16)18)17(20)13-8-6-5-7-9-13/h5-12H,3-4H2,1-2H3. The average Bonchev–Trinajstić information content (AvgIpc) is 2.50. The highest BCUT2D eigenvalue weighted by atomic mass is 79.9. The van der Waals surface area contributed by atoms with E-state index in [0.29, 0.717) is 5.56 Å². The van der Waals surface area contributed by atoms with Gasteiger partial charge in [0.15, 0.2) is 5.78 Å². The minimum absolute atomic E-state index is 0.0531. The van der Waals surface area contributed by atoms with Gasteiger partial charge in [0.1, 0.15) is 0 Å². The van der Waals surface area contributed by atoms with Crippen LogP contribution in [0.5, 0.6) is 0 Å². The van der Waals surface area contributed by atoms with Crippen LogP contribution < -0.4 is 4.90 Å². The van der Waals surface area contributed by atoms with Crippen molar-refractivity contribution in [3.05, 3.63) is 64.1 Å². The molecular weight excluding hydrogens is 314 g/mol. The van der Waals surface area contributed by atoms with Gasteiger partial charge >= 0.3 is 0 Å². The van der Waals surface area contributed by atoms with Gasteiger partial charge < -0.3 is 4.90 Å². The highest BCUT2D eigenvalue weighted by Gasteiger charge is 2.12. The molecule has 0 aliphatic rings. The van der Waals surface area contributed by atoms with Crippen LogP contribution in [-0.4, -0.2) is 18.9 Å². The SMILES string of the molecule is CCN(CC)c1ccc(C(=O)c2ccccc2)cc1Br. The minimum Gasteiger partial charge on any atom is -0.371 e. The molecular formula is C17H18BrNO. The Morgan fingerprint density at radius 3 is 2.20 bits per heavy atom. The molecule has 2 nitrogen and oxygen atoms in total. The largest absolute Gasteiger partial charge is 0.371 e. The van der Waals surface area contributed by atoms with E-state index in [1.165, 1.54) is 0 Å². The molecule has 2 aromatic rings. The van der Waals surface area contributed by atoms with Crippen molar-refractivity contribution in [3.63, 3.8) is 0 Å². The molecule has 0 atom stereocenters. The third-order valence-corrected chi connectivity index (χ3v) is 3.99. The lowest BCUT2D eigenvalue weighted by Crippen LogP contribution is -2.22. The van der Waals surface area contributed by atoms with E-state index in [9.17, 15) is 4.79 Å². The van der Waals surface area contributed by atoms with Crippen molar-refractivity contribution in [3.8, 4) is 0 Å². The molecule has 0 aliphatic carbocycles. The molecule has 104 valence electrons. The zero-order valence-corrected chi connectivity index (χ0v) is 13.4. The van der Waals surface area contributed by atoms with Crippen molar-refractivity contribution >= 4 is 27.4 Å². The fraction of sp³-hybridized carbons (Fsp3) is 0.235. The number of benzene rings is 2. The number of hydrogen-bond donors (Lipinski definition) is 0. The fourth-order valence-electron chi connectivity index (χ4n) is 2.23. The van der Waals surface area contributed by atoms with Gasteiger partial charge in [0.25, 0.3) is 0 Å². The van der Waals surface area contributed by atoms with Gasteiger partial charge in [0, 0.05) is 28.7 Å². The predicted octanol–water partition coefficient (Wildman–Crippen LogP) is 4.53. The van der Waals surface area contributed by atoms with Gasteiger partial charge in [-0.25, -0.2) is 0 Å². The Hall–Kier alpha value is -1.61. The van der Waals surface area contributed by atoms with Gasteiger partial charge in [-0.05, 0) is 48.0 Å². The molecule has 20 heavy (non-hydrogen) atoms. The van der Waals surface area contributed by atoms with Crippen LogP contribution in [0.1, 0.15) is 29.8 Å². The molecule has 0 bridgehead atoms. The predicted molar refractivity (Wildman–Crippen MR) is 87.6 cm³/mol. The molecule has 0 saturated carbocycles. The lowest BCUT2D eigenvalue weighted by Gasteiger charge is -2.22. The van der Waals surface area contributed by atoms with Gasteiger partial charge in [-0.15, -0.1) is 0 Å². The first-order valence-corrected chi connectivity index (χ1v) is 7.61. The second kappa shape index (κ2) is 6.71. The monoisotopic (exact) mass is 331 g/mol. The van der Waals surface area contributed by atoms with E-state index in [1.807, 2.05) is 48.5 Å². The lowest BCUT2D eigenvalue weighted by atomic mass is 10.0. The van der Waals surface area contributed by atoms with Crippen molar-refractivity contribution in [1.82, 2.24) is 0 Å². The van der Waals surface area contributed by atoms with Crippen LogP contribution in [0.2, 0.25) is 0 Å². The third-order valence-electron chi connectivity index (χ3n) is 3.35. The highest BCUT2D eigenvalue weighted by Crippen LogP contribution is 2.28. The summed E-state index contributed by atoms with van der Waals surface area (Å²) in [5.74, 6) is 0.0531. The van der Waals surface area contributed by atoms with Crippen LogP contribution >= 0.6 is 15.9 Å². The maximum atomic E-state index is 12.4. The summed E-state index contributed by atoms with van der Waals surface area (Å²) in [7, 11) is 0. The topological polar surface area (TPSA) is 20.3 Å². The van der Waals surface area contributed by atoms with E-state index in [1.54, 1.807) is 0 Å². The van der Waals surface area contributed by atoms with Crippen molar-refractivity contribution in [2.75, 3.05) is 18.0 Å². The second-order valence-corrected chi connectivity index (χ2v) is 5.39. The molecule has 0 unspecified atom stereocenters. The van der Waals surface area contributed by atoms with E-state index in [0.717, 1.165) is 28.8 Å². The van der Waals surface area contributed by atoms with Gasteiger partial charge in [-0.1, -0.05) is 30.3 Å². The van der Waals surface area contributed by atoms with Crippen molar-refractivity contribution in [1.29, 1.82) is 0 Å². The first-order chi connectivity index (χ1) is 9.67. The molecule has 0 heterocycles. The molecule has 3 heteroatoms. The number of hydrogen-bond acceptors (Lipinski definition) is 2. The summed E-state index contributed by atoms with van der Waals surface area (Å²) in [6.07, 6.45) is 0. The summed E-state index contributed by atoms with van der Waals surface area (Å²) in [6, 6.07) is 15.2. The normalized spacial score (nSPS) is 10.3. The van der Waals surface area contributed by atoms with Gasteiger partial charge in [0.05, 0.1) is 5.69 Å². The molecule has 2 rings (SSSR count). The Balaban J connectivity index is 2.32. The Morgan fingerprint density at radius 2 is 1.65 bits per heavy atom. The Morgan fingerprint density at radius 1 is 1.00 bits per heavy atom. The molecule has 0 aromatic heterocycles. The Kier molecular flexibility index (Phi) is 4.96. The summed E-state index contributed by atoms with van der Waals surface area (Å²) < 4.78 is 0.961. The van der Waals surface area contributed by atoms with E-state index in [2.05, 4.69) is 34.7 Å². The molecule has 0 N–H and O–H groups in total. The quantitative estimate of drug-likeness (QED) is 0.750. The van der Waals surface area contributed by atoms with E-state index in [4.69, 9.17) is 0 Å². The summed E-state index contributed by atoms with van der Waals surface area (Å²) in [6.45, 7) is 6.14. The zero-order chi connectivity index (χ0) is 14.5. The van der Waals surface area contributed by atoms with E-state index < -0.39 is 0 Å². The molecule has 0 saturated heterocycles. The van der Waals surface area contributed by atoms with E-state index >= 15 is 0 Å². The molecule has 0 amide bonds. The highest BCUT2D eigenvalue weighted by molar-refractivity contribution is 9.10. The fourth-order valence-corrected chi connectivity index (χ4v) is 2.85. The number of rotatable bonds is 5. The third kappa shape index (κ3) is 3.10. The average molecular weight is 332 g/mol. The van der Waals surface area contributed by atoms with Crippen LogP contribution in [0.4, 0.5) is 5.69 Å². The van der Waals surface area contributed by atoms with Crippen LogP contribution in [0.15, 0.2) is 53.0 Å². The van der Waals surface area contributed by atoms with Crippen LogP contribution in [-0.2, 0) is 0 Å². The number of carbonyl (C=O) groups excluding carboxylic acids is 1. The Bertz CT molecular complexity index is 591. The number of carbonyl (C=O) groups is 1. The summed E-state index contributed by atoms with van der Waals surface area (Å²) >= 11 is 3.58. The van der Waals surface area contributed by atoms with E-state index in [-0.39, 0.29) is 5.78 Å². The number of halogens is 1. The van der Waals surface area contributed by atoms with Crippen LogP contribution in [0.3, 0.4) is 0 Å².